The summed E-state index contributed by atoms with van der Waals surface area (Å²) in [5, 5.41) is 6.19. The molecule has 4 nitrogen and oxygen atoms in total. The van der Waals surface area contributed by atoms with Crippen molar-refractivity contribution in [3.05, 3.63) is 65.3 Å². The highest BCUT2D eigenvalue weighted by molar-refractivity contribution is 6.30. The molecule has 0 amide bonds. The summed E-state index contributed by atoms with van der Waals surface area (Å²) >= 11 is 6.03. The van der Waals surface area contributed by atoms with Crippen LogP contribution in [0.3, 0.4) is 0 Å². The number of rotatable bonds is 2. The van der Waals surface area contributed by atoms with Crippen LogP contribution in [0.2, 0.25) is 5.02 Å². The zero-order chi connectivity index (χ0) is 16.7. The Balaban J connectivity index is 2.05. The molecule has 0 bridgehead atoms. The van der Waals surface area contributed by atoms with E-state index in [1.54, 1.807) is 4.68 Å². The van der Waals surface area contributed by atoms with Gasteiger partial charge in [0.15, 0.2) is 11.5 Å². The predicted octanol–water partition coefficient (Wildman–Crippen LogP) is 4.66. The molecule has 0 saturated heterocycles. The second-order valence-corrected chi connectivity index (χ2v) is 6.11. The summed E-state index contributed by atoms with van der Waals surface area (Å²) in [5.41, 5.74) is 4.60. The summed E-state index contributed by atoms with van der Waals surface area (Å²) in [5.74, 6) is 0.691. The molecule has 0 saturated carbocycles. The van der Waals surface area contributed by atoms with Gasteiger partial charge in [-0.25, -0.2) is 9.97 Å². The SMILES string of the molecule is Cc1nn(C)c2nc(-c3ccccc3)nc(-c3ccc(Cl)cc3)c12. The van der Waals surface area contributed by atoms with Gasteiger partial charge >= 0.3 is 0 Å². The lowest BCUT2D eigenvalue weighted by Gasteiger charge is -2.08. The molecule has 2 heterocycles. The molecule has 0 aliphatic heterocycles. The molecular weight excluding hydrogens is 320 g/mol. The Bertz CT molecular complexity index is 1020. The van der Waals surface area contributed by atoms with Crippen molar-refractivity contribution in [1.29, 1.82) is 0 Å². The maximum Gasteiger partial charge on any atom is 0.162 e. The second kappa shape index (κ2) is 5.73. The normalized spacial score (nSPS) is 11.1. The van der Waals surface area contributed by atoms with Gasteiger partial charge in [-0.05, 0) is 19.1 Å². The van der Waals surface area contributed by atoms with E-state index in [0.717, 1.165) is 33.5 Å². The topological polar surface area (TPSA) is 43.6 Å². The van der Waals surface area contributed by atoms with Crippen LogP contribution in [0.25, 0.3) is 33.7 Å². The zero-order valence-corrected chi connectivity index (χ0v) is 14.1. The van der Waals surface area contributed by atoms with Gasteiger partial charge in [0.2, 0.25) is 0 Å². The van der Waals surface area contributed by atoms with E-state index < -0.39 is 0 Å². The van der Waals surface area contributed by atoms with Gasteiger partial charge in [-0.1, -0.05) is 54.1 Å². The molecule has 0 radical (unpaired) electrons. The first-order valence-electron chi connectivity index (χ1n) is 7.66. The molecule has 5 heteroatoms. The Morgan fingerprint density at radius 3 is 2.29 bits per heavy atom. The maximum atomic E-state index is 6.03. The first kappa shape index (κ1) is 14.8. The fraction of sp³-hybridized carbons (Fsp3) is 0.105. The van der Waals surface area contributed by atoms with E-state index in [1.807, 2.05) is 68.6 Å². The van der Waals surface area contributed by atoms with Gasteiger partial charge in [0, 0.05) is 23.2 Å². The molecular formula is C19H15ClN4. The highest BCUT2D eigenvalue weighted by atomic mass is 35.5. The molecule has 0 fully saturated rings. The highest BCUT2D eigenvalue weighted by Crippen LogP contribution is 2.31. The summed E-state index contributed by atoms with van der Waals surface area (Å²) in [6.45, 7) is 1.98. The minimum Gasteiger partial charge on any atom is -0.250 e. The first-order chi connectivity index (χ1) is 11.6. The van der Waals surface area contributed by atoms with Crippen LogP contribution < -0.4 is 0 Å². The molecule has 2 aromatic carbocycles. The van der Waals surface area contributed by atoms with Gasteiger partial charge in [0.25, 0.3) is 0 Å². The van der Waals surface area contributed by atoms with Crippen molar-refractivity contribution < 1.29 is 0 Å². The molecule has 0 aliphatic rings. The van der Waals surface area contributed by atoms with Crippen LogP contribution in [-0.4, -0.2) is 19.7 Å². The largest absolute Gasteiger partial charge is 0.250 e. The van der Waals surface area contributed by atoms with Gasteiger partial charge in [-0.2, -0.15) is 5.10 Å². The van der Waals surface area contributed by atoms with E-state index in [0.29, 0.717) is 10.8 Å². The van der Waals surface area contributed by atoms with Crippen LogP contribution in [-0.2, 0) is 7.05 Å². The molecule has 4 rings (SSSR count). The predicted molar refractivity (Wildman–Crippen MR) is 96.9 cm³/mol. The Morgan fingerprint density at radius 1 is 0.875 bits per heavy atom. The number of fused-ring (bicyclic) bond motifs is 1. The molecule has 24 heavy (non-hydrogen) atoms. The summed E-state index contributed by atoms with van der Waals surface area (Å²) in [6, 6.07) is 17.7. The van der Waals surface area contributed by atoms with Crippen molar-refractivity contribution in [3.63, 3.8) is 0 Å². The summed E-state index contributed by atoms with van der Waals surface area (Å²) < 4.78 is 1.80. The van der Waals surface area contributed by atoms with Gasteiger partial charge in [-0.15, -0.1) is 0 Å². The lowest BCUT2D eigenvalue weighted by molar-refractivity contribution is 0.773. The highest BCUT2D eigenvalue weighted by Gasteiger charge is 2.17. The van der Waals surface area contributed by atoms with Gasteiger partial charge in [-0.3, -0.25) is 4.68 Å². The van der Waals surface area contributed by atoms with Gasteiger partial charge in [0.05, 0.1) is 16.8 Å². The third-order valence-electron chi connectivity index (χ3n) is 4.01. The van der Waals surface area contributed by atoms with Crippen LogP contribution in [0.5, 0.6) is 0 Å². The molecule has 0 atom stereocenters. The third-order valence-corrected chi connectivity index (χ3v) is 4.26. The Labute approximate surface area is 144 Å². The fourth-order valence-corrected chi connectivity index (χ4v) is 3.00. The molecule has 2 aromatic heterocycles. The van der Waals surface area contributed by atoms with Crippen molar-refractivity contribution in [3.8, 4) is 22.6 Å². The van der Waals surface area contributed by atoms with E-state index in [4.69, 9.17) is 21.6 Å². The Hall–Kier alpha value is -2.72. The quantitative estimate of drug-likeness (QED) is 0.535. The molecule has 118 valence electrons. The number of hydrogen-bond acceptors (Lipinski definition) is 3. The number of halogens is 1. The van der Waals surface area contributed by atoms with E-state index >= 15 is 0 Å². The summed E-state index contributed by atoms with van der Waals surface area (Å²) in [7, 11) is 1.91. The van der Waals surface area contributed by atoms with E-state index in [1.165, 1.54) is 0 Å². The van der Waals surface area contributed by atoms with Crippen LogP contribution in [0.1, 0.15) is 5.69 Å². The lowest BCUT2D eigenvalue weighted by Crippen LogP contribution is -1.97. The van der Waals surface area contributed by atoms with Gasteiger partial charge < -0.3 is 0 Å². The fourth-order valence-electron chi connectivity index (χ4n) is 2.87. The Morgan fingerprint density at radius 2 is 1.58 bits per heavy atom. The van der Waals surface area contributed by atoms with Crippen LogP contribution in [0.15, 0.2) is 54.6 Å². The molecule has 0 aliphatic carbocycles. The zero-order valence-electron chi connectivity index (χ0n) is 13.4. The number of nitrogens with zero attached hydrogens (tertiary/aromatic N) is 4. The van der Waals surface area contributed by atoms with Gasteiger partial charge in [0.1, 0.15) is 0 Å². The number of benzene rings is 2. The van der Waals surface area contributed by atoms with E-state index in [-0.39, 0.29) is 0 Å². The molecule has 0 spiro atoms. The number of aryl methyl sites for hydroxylation is 2. The van der Waals surface area contributed by atoms with Crippen LogP contribution in [0.4, 0.5) is 0 Å². The van der Waals surface area contributed by atoms with Crippen molar-refractivity contribution in [2.75, 3.05) is 0 Å². The minimum atomic E-state index is 0.691. The van der Waals surface area contributed by atoms with E-state index in [2.05, 4.69) is 5.10 Å². The molecule has 0 N–H and O–H groups in total. The maximum absolute atomic E-state index is 6.03. The van der Waals surface area contributed by atoms with Crippen molar-refractivity contribution in [2.45, 2.75) is 6.92 Å². The monoisotopic (exact) mass is 334 g/mol. The third kappa shape index (κ3) is 2.45. The lowest BCUT2D eigenvalue weighted by atomic mass is 10.1. The molecule has 4 aromatic rings. The van der Waals surface area contributed by atoms with Crippen LogP contribution >= 0.6 is 11.6 Å². The minimum absolute atomic E-state index is 0.691. The average Bonchev–Trinajstić information content (AvgIpc) is 2.90. The van der Waals surface area contributed by atoms with Crippen LogP contribution in [0, 0.1) is 6.92 Å². The number of aromatic nitrogens is 4. The Kier molecular flexibility index (Phi) is 3.54. The van der Waals surface area contributed by atoms with Crippen molar-refractivity contribution >= 4 is 22.6 Å². The summed E-state index contributed by atoms with van der Waals surface area (Å²) in [4.78, 5) is 9.57. The summed E-state index contributed by atoms with van der Waals surface area (Å²) in [6.07, 6.45) is 0. The van der Waals surface area contributed by atoms with Crippen molar-refractivity contribution in [2.24, 2.45) is 7.05 Å². The first-order valence-corrected chi connectivity index (χ1v) is 8.04. The van der Waals surface area contributed by atoms with Crippen molar-refractivity contribution in [1.82, 2.24) is 19.7 Å². The second-order valence-electron chi connectivity index (χ2n) is 5.68. The molecule has 0 unspecified atom stereocenters. The smallest absolute Gasteiger partial charge is 0.162 e. The number of hydrogen-bond donors (Lipinski definition) is 0. The standard InChI is InChI=1S/C19H15ClN4/c1-12-16-17(13-8-10-15(20)11-9-13)21-18(14-6-4-3-5-7-14)22-19(16)24(2)23-12/h3-11H,1-2H3. The average molecular weight is 335 g/mol. The van der Waals surface area contributed by atoms with E-state index in [9.17, 15) is 0 Å².